The van der Waals surface area contributed by atoms with Gasteiger partial charge in [-0.1, -0.05) is 6.07 Å². The summed E-state index contributed by atoms with van der Waals surface area (Å²) in [6, 6.07) is 6.42. The molecule has 0 bridgehead atoms. The van der Waals surface area contributed by atoms with Crippen molar-refractivity contribution in [2.45, 2.75) is 0 Å². The van der Waals surface area contributed by atoms with Crippen LogP contribution in [0.1, 0.15) is 0 Å². The minimum atomic E-state index is -0.498. The van der Waals surface area contributed by atoms with E-state index in [-0.39, 0.29) is 11.4 Å². The zero-order valence-corrected chi connectivity index (χ0v) is 7.18. The summed E-state index contributed by atoms with van der Waals surface area (Å²) in [5.74, 6) is 0. The van der Waals surface area contributed by atoms with Gasteiger partial charge >= 0.3 is 0 Å². The molecule has 2 N–H and O–H groups in total. The SMILES string of the molecule is Nc1cc2ncccc2cc1[N+](=O)[O-]. The van der Waals surface area contributed by atoms with Crippen LogP contribution >= 0.6 is 0 Å². The molecule has 1 aromatic carbocycles. The van der Waals surface area contributed by atoms with E-state index in [0.717, 1.165) is 0 Å². The van der Waals surface area contributed by atoms with Crippen LogP contribution in [0, 0.1) is 10.1 Å². The van der Waals surface area contributed by atoms with E-state index >= 15 is 0 Å². The highest BCUT2D eigenvalue weighted by Crippen LogP contribution is 2.26. The van der Waals surface area contributed by atoms with Crippen LogP contribution in [0.15, 0.2) is 30.5 Å². The maximum absolute atomic E-state index is 10.6. The topological polar surface area (TPSA) is 82.0 Å². The van der Waals surface area contributed by atoms with Gasteiger partial charge in [0.2, 0.25) is 0 Å². The summed E-state index contributed by atoms with van der Waals surface area (Å²) in [6.45, 7) is 0. The fourth-order valence-corrected chi connectivity index (χ4v) is 1.28. The second-order valence-corrected chi connectivity index (χ2v) is 2.86. The molecule has 1 heterocycles. The second kappa shape index (κ2) is 2.95. The van der Waals surface area contributed by atoms with E-state index in [0.29, 0.717) is 10.9 Å². The number of pyridine rings is 1. The largest absolute Gasteiger partial charge is 0.393 e. The minimum absolute atomic E-state index is 0.0782. The molecule has 0 unspecified atom stereocenters. The first-order valence-electron chi connectivity index (χ1n) is 3.97. The number of aromatic nitrogens is 1. The third-order valence-corrected chi connectivity index (χ3v) is 1.95. The van der Waals surface area contributed by atoms with Gasteiger partial charge in [-0.3, -0.25) is 15.1 Å². The Morgan fingerprint density at radius 1 is 1.43 bits per heavy atom. The van der Waals surface area contributed by atoms with E-state index in [4.69, 9.17) is 5.73 Å². The van der Waals surface area contributed by atoms with Crippen LogP contribution in [0.2, 0.25) is 0 Å². The van der Waals surface area contributed by atoms with Gasteiger partial charge in [0.15, 0.2) is 0 Å². The number of hydrogen-bond donors (Lipinski definition) is 1. The van der Waals surface area contributed by atoms with Crippen LogP contribution in [-0.4, -0.2) is 9.91 Å². The van der Waals surface area contributed by atoms with Crippen molar-refractivity contribution in [3.05, 3.63) is 40.6 Å². The molecule has 0 saturated carbocycles. The van der Waals surface area contributed by atoms with Crippen LogP contribution in [0.4, 0.5) is 11.4 Å². The predicted octanol–water partition coefficient (Wildman–Crippen LogP) is 1.73. The Hall–Kier alpha value is -2.17. The maximum atomic E-state index is 10.6. The lowest BCUT2D eigenvalue weighted by molar-refractivity contribution is -0.383. The van der Waals surface area contributed by atoms with E-state index < -0.39 is 4.92 Å². The molecular weight excluding hydrogens is 182 g/mol. The Labute approximate surface area is 79.3 Å². The first-order chi connectivity index (χ1) is 6.68. The van der Waals surface area contributed by atoms with Crippen molar-refractivity contribution >= 4 is 22.3 Å². The van der Waals surface area contributed by atoms with Crippen LogP contribution in [-0.2, 0) is 0 Å². The highest BCUT2D eigenvalue weighted by atomic mass is 16.6. The van der Waals surface area contributed by atoms with Crippen molar-refractivity contribution < 1.29 is 4.92 Å². The van der Waals surface area contributed by atoms with Gasteiger partial charge in [-0.05, 0) is 12.1 Å². The number of nitrogen functional groups attached to an aromatic ring is 1. The molecule has 70 valence electrons. The van der Waals surface area contributed by atoms with Crippen molar-refractivity contribution in [1.29, 1.82) is 0 Å². The smallest absolute Gasteiger partial charge is 0.292 e. The van der Waals surface area contributed by atoms with Crippen molar-refractivity contribution in [2.75, 3.05) is 5.73 Å². The molecule has 5 heteroatoms. The summed E-state index contributed by atoms with van der Waals surface area (Å²) in [4.78, 5) is 14.1. The van der Waals surface area contributed by atoms with Crippen LogP contribution in [0.3, 0.4) is 0 Å². The van der Waals surface area contributed by atoms with E-state index in [2.05, 4.69) is 4.98 Å². The highest BCUT2D eigenvalue weighted by Gasteiger charge is 2.12. The monoisotopic (exact) mass is 189 g/mol. The van der Waals surface area contributed by atoms with E-state index in [1.807, 2.05) is 0 Å². The quantitative estimate of drug-likeness (QED) is 0.420. The molecular formula is C9H7N3O2. The van der Waals surface area contributed by atoms with E-state index in [1.54, 1.807) is 18.3 Å². The number of anilines is 1. The summed E-state index contributed by atoms with van der Waals surface area (Å²) in [6.07, 6.45) is 1.62. The zero-order valence-electron chi connectivity index (χ0n) is 7.18. The lowest BCUT2D eigenvalue weighted by atomic mass is 10.2. The van der Waals surface area contributed by atoms with E-state index in [1.165, 1.54) is 12.1 Å². The van der Waals surface area contributed by atoms with Crippen molar-refractivity contribution in [2.24, 2.45) is 0 Å². The Kier molecular flexibility index (Phi) is 1.78. The molecule has 0 amide bonds. The summed E-state index contributed by atoms with van der Waals surface area (Å²) >= 11 is 0. The number of nitrogens with two attached hydrogens (primary N) is 1. The first kappa shape index (κ1) is 8.43. The van der Waals surface area contributed by atoms with Crippen LogP contribution in [0.25, 0.3) is 10.9 Å². The van der Waals surface area contributed by atoms with Crippen LogP contribution < -0.4 is 5.73 Å². The summed E-state index contributed by atoms with van der Waals surface area (Å²) in [5, 5.41) is 11.3. The van der Waals surface area contributed by atoms with Gasteiger partial charge in [-0.2, -0.15) is 0 Å². The highest BCUT2D eigenvalue weighted by molar-refractivity contribution is 5.86. The van der Waals surface area contributed by atoms with E-state index in [9.17, 15) is 10.1 Å². The van der Waals surface area contributed by atoms with Gasteiger partial charge in [-0.25, -0.2) is 0 Å². The molecule has 0 atom stereocenters. The normalized spacial score (nSPS) is 10.3. The van der Waals surface area contributed by atoms with Gasteiger partial charge in [-0.15, -0.1) is 0 Å². The Balaban J connectivity index is 2.77. The van der Waals surface area contributed by atoms with Gasteiger partial charge in [0, 0.05) is 17.6 Å². The fraction of sp³-hybridized carbons (Fsp3) is 0. The molecule has 0 spiro atoms. The maximum Gasteiger partial charge on any atom is 0.292 e. The molecule has 2 rings (SSSR count). The summed E-state index contributed by atoms with van der Waals surface area (Å²) in [7, 11) is 0. The molecule has 0 aliphatic heterocycles. The lowest BCUT2D eigenvalue weighted by Crippen LogP contribution is -1.95. The number of nitro benzene ring substituents is 1. The van der Waals surface area contributed by atoms with Crippen molar-refractivity contribution in [1.82, 2.24) is 4.98 Å². The lowest BCUT2D eigenvalue weighted by Gasteiger charge is -1.99. The third kappa shape index (κ3) is 1.24. The third-order valence-electron chi connectivity index (χ3n) is 1.95. The predicted molar refractivity (Wildman–Crippen MR) is 52.8 cm³/mol. The Bertz CT molecular complexity index is 510. The minimum Gasteiger partial charge on any atom is -0.393 e. The first-order valence-corrected chi connectivity index (χ1v) is 3.97. The molecule has 5 nitrogen and oxygen atoms in total. The van der Waals surface area contributed by atoms with Gasteiger partial charge in [0.05, 0.1) is 10.4 Å². The second-order valence-electron chi connectivity index (χ2n) is 2.86. The molecule has 1 aromatic heterocycles. The van der Waals surface area contributed by atoms with Crippen molar-refractivity contribution in [3.8, 4) is 0 Å². The summed E-state index contributed by atoms with van der Waals surface area (Å²) < 4.78 is 0. The average molecular weight is 189 g/mol. The van der Waals surface area contributed by atoms with Crippen molar-refractivity contribution in [3.63, 3.8) is 0 Å². The average Bonchev–Trinajstić information content (AvgIpc) is 2.16. The molecule has 0 radical (unpaired) electrons. The molecule has 0 fully saturated rings. The number of rotatable bonds is 1. The fourth-order valence-electron chi connectivity index (χ4n) is 1.28. The van der Waals surface area contributed by atoms with Gasteiger partial charge in [0.25, 0.3) is 5.69 Å². The van der Waals surface area contributed by atoms with Crippen LogP contribution in [0.5, 0.6) is 0 Å². The Morgan fingerprint density at radius 3 is 2.93 bits per heavy atom. The molecule has 14 heavy (non-hydrogen) atoms. The molecule has 2 aromatic rings. The summed E-state index contributed by atoms with van der Waals surface area (Å²) in [5.41, 5.74) is 6.23. The molecule has 0 aliphatic rings. The zero-order chi connectivity index (χ0) is 10.1. The number of benzene rings is 1. The Morgan fingerprint density at radius 2 is 2.21 bits per heavy atom. The number of fused-ring (bicyclic) bond motifs is 1. The van der Waals surface area contributed by atoms with Gasteiger partial charge in [0.1, 0.15) is 5.69 Å². The molecule has 0 saturated heterocycles. The number of nitrogens with zero attached hydrogens (tertiary/aromatic N) is 2. The standard InChI is InChI=1S/C9H7N3O2/c10-7-5-8-6(2-1-3-11-8)4-9(7)12(13)14/h1-5H,10H2. The number of hydrogen-bond acceptors (Lipinski definition) is 4. The molecule has 0 aliphatic carbocycles. The van der Waals surface area contributed by atoms with Gasteiger partial charge < -0.3 is 5.73 Å². The number of nitro groups is 1.